The van der Waals surface area contributed by atoms with Gasteiger partial charge in [-0.15, -0.1) is 0 Å². The van der Waals surface area contributed by atoms with Gasteiger partial charge in [0.15, 0.2) is 0 Å². The van der Waals surface area contributed by atoms with Gasteiger partial charge in [-0.2, -0.15) is 0 Å². The van der Waals surface area contributed by atoms with Crippen LogP contribution in [0.5, 0.6) is 0 Å². The molecule has 23 heavy (non-hydrogen) atoms. The van der Waals surface area contributed by atoms with Crippen molar-refractivity contribution in [3.8, 4) is 22.5 Å². The molecular weight excluding hydrogens is 286 g/mol. The molecule has 0 bridgehead atoms. The molecule has 0 aliphatic rings. The molecule has 3 heterocycles. The Morgan fingerprint density at radius 1 is 1.04 bits per heavy atom. The van der Waals surface area contributed by atoms with E-state index in [9.17, 15) is 0 Å². The van der Waals surface area contributed by atoms with Crippen molar-refractivity contribution >= 4 is 16.7 Å². The second-order valence-electron chi connectivity index (χ2n) is 5.74. The summed E-state index contributed by atoms with van der Waals surface area (Å²) < 4.78 is 5.61. The molecule has 0 saturated carbocycles. The highest BCUT2D eigenvalue weighted by Crippen LogP contribution is 2.34. The van der Waals surface area contributed by atoms with Gasteiger partial charge in [0.1, 0.15) is 11.4 Å². The van der Waals surface area contributed by atoms with Crippen molar-refractivity contribution in [1.82, 2.24) is 9.97 Å². The Kier molecular flexibility index (Phi) is 3.15. The molecule has 0 atom stereocenters. The topological polar surface area (TPSA) is 45.1 Å². The van der Waals surface area contributed by atoms with E-state index in [1.807, 2.05) is 44.7 Å². The number of furan rings is 1. The van der Waals surface area contributed by atoms with Gasteiger partial charge >= 0.3 is 0 Å². The van der Waals surface area contributed by atoms with Crippen LogP contribution in [-0.4, -0.2) is 24.1 Å². The number of hydrogen-bond donors (Lipinski definition) is 1. The van der Waals surface area contributed by atoms with Gasteiger partial charge in [0, 0.05) is 48.7 Å². The van der Waals surface area contributed by atoms with Crippen molar-refractivity contribution in [2.45, 2.75) is 0 Å². The van der Waals surface area contributed by atoms with E-state index in [0.29, 0.717) is 0 Å². The lowest BCUT2D eigenvalue weighted by molar-refractivity contribution is 0.582. The molecule has 0 saturated heterocycles. The molecule has 0 aliphatic carbocycles. The molecule has 0 aliphatic heterocycles. The molecule has 0 spiro atoms. The first-order valence-electron chi connectivity index (χ1n) is 7.51. The molecule has 4 heteroatoms. The predicted octanol–water partition coefficient (Wildman–Crippen LogP) is 4.56. The van der Waals surface area contributed by atoms with Crippen LogP contribution in [0.4, 0.5) is 5.69 Å². The molecule has 0 radical (unpaired) electrons. The third-order valence-corrected chi connectivity index (χ3v) is 4.00. The molecule has 0 unspecified atom stereocenters. The van der Waals surface area contributed by atoms with Crippen LogP contribution in [0.3, 0.4) is 0 Å². The summed E-state index contributed by atoms with van der Waals surface area (Å²) in [5.41, 5.74) is 5.32. The lowest BCUT2D eigenvalue weighted by Crippen LogP contribution is -2.09. The normalized spacial score (nSPS) is 11.0. The van der Waals surface area contributed by atoms with Crippen LogP contribution < -0.4 is 4.90 Å². The second-order valence-corrected chi connectivity index (χ2v) is 5.74. The lowest BCUT2D eigenvalue weighted by atomic mass is 10.0. The Morgan fingerprint density at radius 3 is 2.74 bits per heavy atom. The van der Waals surface area contributed by atoms with Crippen molar-refractivity contribution in [2.75, 3.05) is 19.0 Å². The maximum Gasteiger partial charge on any atom is 0.137 e. The number of nitrogens with one attached hydrogen (secondary N) is 1. The first-order chi connectivity index (χ1) is 11.2. The minimum absolute atomic E-state index is 0.867. The Hall–Kier alpha value is -3.01. The Bertz CT molecular complexity index is 952. The summed E-state index contributed by atoms with van der Waals surface area (Å²) in [6.07, 6.45) is 5.51. The van der Waals surface area contributed by atoms with Crippen molar-refractivity contribution in [3.63, 3.8) is 0 Å². The van der Waals surface area contributed by atoms with Gasteiger partial charge in [-0.3, -0.25) is 0 Å². The molecule has 3 aromatic heterocycles. The summed E-state index contributed by atoms with van der Waals surface area (Å²) in [5, 5.41) is 1.11. The molecule has 1 N–H and O–H groups in total. The fraction of sp³-hybridized carbons (Fsp3) is 0.105. The van der Waals surface area contributed by atoms with E-state index >= 15 is 0 Å². The van der Waals surface area contributed by atoms with Gasteiger partial charge in [0.25, 0.3) is 0 Å². The molecule has 0 fully saturated rings. The molecular formula is C19H17N3O. The predicted molar refractivity (Wildman–Crippen MR) is 93.6 cm³/mol. The van der Waals surface area contributed by atoms with Gasteiger partial charge in [-0.25, -0.2) is 4.98 Å². The van der Waals surface area contributed by atoms with E-state index in [2.05, 4.69) is 39.1 Å². The fourth-order valence-corrected chi connectivity index (χ4v) is 2.83. The molecule has 114 valence electrons. The summed E-state index contributed by atoms with van der Waals surface area (Å²) >= 11 is 0. The van der Waals surface area contributed by atoms with E-state index in [-0.39, 0.29) is 0 Å². The van der Waals surface area contributed by atoms with Gasteiger partial charge in [0.2, 0.25) is 0 Å². The number of anilines is 1. The summed E-state index contributed by atoms with van der Waals surface area (Å²) in [6, 6.07) is 14.5. The fourth-order valence-electron chi connectivity index (χ4n) is 2.83. The summed E-state index contributed by atoms with van der Waals surface area (Å²) in [7, 11) is 4.07. The number of nitrogens with zero attached hydrogens (tertiary/aromatic N) is 2. The number of hydrogen-bond acceptors (Lipinski definition) is 3. The number of fused-ring (bicyclic) bond motifs is 1. The Labute approximate surface area is 134 Å². The van der Waals surface area contributed by atoms with Crippen LogP contribution in [0.2, 0.25) is 0 Å². The highest BCUT2D eigenvalue weighted by atomic mass is 16.3. The maximum absolute atomic E-state index is 5.61. The molecule has 4 nitrogen and oxygen atoms in total. The van der Waals surface area contributed by atoms with Crippen molar-refractivity contribution in [1.29, 1.82) is 0 Å². The number of benzene rings is 1. The zero-order valence-electron chi connectivity index (χ0n) is 13.1. The zero-order valence-corrected chi connectivity index (χ0v) is 13.1. The maximum atomic E-state index is 5.61. The lowest BCUT2D eigenvalue weighted by Gasteiger charge is -2.17. The van der Waals surface area contributed by atoms with Crippen molar-refractivity contribution < 1.29 is 4.42 Å². The van der Waals surface area contributed by atoms with E-state index < -0.39 is 0 Å². The monoisotopic (exact) mass is 303 g/mol. The number of aromatic nitrogens is 2. The number of aromatic amines is 1. The molecule has 4 rings (SSSR count). The van der Waals surface area contributed by atoms with Crippen LogP contribution >= 0.6 is 0 Å². The van der Waals surface area contributed by atoms with Gasteiger partial charge in [0.05, 0.1) is 6.26 Å². The quantitative estimate of drug-likeness (QED) is 0.603. The summed E-state index contributed by atoms with van der Waals surface area (Å²) in [4.78, 5) is 9.69. The standard InChI is InChI=1S/C19H17N3O/c1-22(2)17-6-5-13(11-16(17)18-4-3-9-23-18)15-10-14-7-8-20-19(14)21-12-15/h3-12H,1-2H3,(H,20,21). The van der Waals surface area contributed by atoms with E-state index in [1.165, 1.54) is 0 Å². The van der Waals surface area contributed by atoms with Crippen LogP contribution in [-0.2, 0) is 0 Å². The first kappa shape index (κ1) is 13.6. The van der Waals surface area contributed by atoms with Gasteiger partial charge in [-0.1, -0.05) is 6.07 Å². The zero-order chi connectivity index (χ0) is 15.8. The van der Waals surface area contributed by atoms with Crippen LogP contribution in [0, 0.1) is 0 Å². The highest BCUT2D eigenvalue weighted by molar-refractivity contribution is 5.85. The van der Waals surface area contributed by atoms with Gasteiger partial charge in [-0.05, 0) is 42.0 Å². The number of rotatable bonds is 3. The average molecular weight is 303 g/mol. The smallest absolute Gasteiger partial charge is 0.137 e. The number of H-pyrrole nitrogens is 1. The minimum Gasteiger partial charge on any atom is -0.464 e. The van der Waals surface area contributed by atoms with Crippen molar-refractivity contribution in [2.24, 2.45) is 0 Å². The van der Waals surface area contributed by atoms with E-state index in [1.54, 1.807) is 6.26 Å². The molecule has 4 aromatic rings. The van der Waals surface area contributed by atoms with Gasteiger partial charge < -0.3 is 14.3 Å². The second kappa shape index (κ2) is 5.32. The van der Waals surface area contributed by atoms with Crippen LogP contribution in [0.15, 0.2) is 65.5 Å². The molecule has 0 amide bonds. The highest BCUT2D eigenvalue weighted by Gasteiger charge is 2.12. The number of pyridine rings is 1. The SMILES string of the molecule is CN(C)c1ccc(-c2cnc3[nH]ccc3c2)cc1-c1ccco1. The molecule has 1 aromatic carbocycles. The largest absolute Gasteiger partial charge is 0.464 e. The summed E-state index contributed by atoms with van der Waals surface area (Å²) in [6.45, 7) is 0. The third kappa shape index (κ3) is 2.38. The average Bonchev–Trinajstić information content (AvgIpc) is 3.25. The third-order valence-electron chi connectivity index (χ3n) is 4.00. The Balaban J connectivity index is 1.87. The van der Waals surface area contributed by atoms with Crippen molar-refractivity contribution in [3.05, 3.63) is 61.1 Å². The van der Waals surface area contributed by atoms with E-state index in [0.717, 1.165) is 39.2 Å². The first-order valence-corrected chi connectivity index (χ1v) is 7.51. The Morgan fingerprint density at radius 2 is 1.96 bits per heavy atom. The minimum atomic E-state index is 0.867. The van der Waals surface area contributed by atoms with E-state index in [4.69, 9.17) is 4.42 Å². The van der Waals surface area contributed by atoms with Crippen LogP contribution in [0.1, 0.15) is 0 Å². The summed E-state index contributed by atoms with van der Waals surface area (Å²) in [5.74, 6) is 0.867. The van der Waals surface area contributed by atoms with Crippen LogP contribution in [0.25, 0.3) is 33.5 Å².